The summed E-state index contributed by atoms with van der Waals surface area (Å²) in [6.07, 6.45) is 0. The van der Waals surface area contributed by atoms with Gasteiger partial charge in [-0.15, -0.1) is 5.92 Å². The summed E-state index contributed by atoms with van der Waals surface area (Å²) >= 11 is -2.17. The molecule has 1 aromatic carbocycles. The normalized spacial score (nSPS) is 6.23. The van der Waals surface area contributed by atoms with Crippen molar-refractivity contribution in [3.05, 3.63) is 43.3 Å². The summed E-state index contributed by atoms with van der Waals surface area (Å²) in [5, 5.41) is 0. The van der Waals surface area contributed by atoms with Crippen LogP contribution in [0.25, 0.3) is 0 Å². The van der Waals surface area contributed by atoms with Crippen molar-refractivity contribution in [3.8, 4) is 11.8 Å². The summed E-state index contributed by atoms with van der Waals surface area (Å²) < 4.78 is 17.1. The Balaban J connectivity index is 0. The van der Waals surface area contributed by atoms with E-state index in [4.69, 9.17) is 6.94 Å². The van der Waals surface area contributed by atoms with Crippen LogP contribution in [0, 0.1) is 19.3 Å². The van der Waals surface area contributed by atoms with Crippen molar-refractivity contribution in [2.75, 3.05) is 0 Å². The van der Waals surface area contributed by atoms with Crippen LogP contribution in [0.5, 0.6) is 0 Å². The molecule has 0 aliphatic rings. The summed E-state index contributed by atoms with van der Waals surface area (Å²) in [4.78, 5) is 0. The molecule has 0 heterocycles. The molecular formula is C10H11O2Re-. The third-order valence-electron chi connectivity index (χ3n) is 1.04. The Kier molecular flexibility index (Phi) is 12.4. The number of rotatable bonds is 0. The Bertz CT molecular complexity index is 303. The van der Waals surface area contributed by atoms with E-state index in [1.165, 1.54) is 0 Å². The maximum atomic E-state index is 8.53. The summed E-state index contributed by atoms with van der Waals surface area (Å²) in [6.45, 7) is 1.84. The molecule has 2 nitrogen and oxygen atoms in total. The molecule has 3 heteroatoms. The third kappa shape index (κ3) is 8.95. The molecule has 0 saturated heterocycles. The minimum atomic E-state index is -2.17. The van der Waals surface area contributed by atoms with Crippen molar-refractivity contribution in [3.63, 3.8) is 0 Å². The topological polar surface area (TPSA) is 34.1 Å². The molecule has 0 N–H and O–H groups in total. The van der Waals surface area contributed by atoms with Crippen molar-refractivity contribution in [2.24, 2.45) is 0 Å². The molecule has 0 unspecified atom stereocenters. The molecule has 1 rings (SSSR count). The van der Waals surface area contributed by atoms with Crippen LogP contribution in [0.1, 0.15) is 12.5 Å². The zero-order chi connectivity index (χ0) is 9.23. The van der Waals surface area contributed by atoms with Crippen molar-refractivity contribution in [1.82, 2.24) is 0 Å². The number of benzene rings is 1. The van der Waals surface area contributed by atoms with E-state index in [-0.39, 0.29) is 7.43 Å². The van der Waals surface area contributed by atoms with Gasteiger partial charge in [0.25, 0.3) is 0 Å². The molecule has 0 aromatic heterocycles. The standard InChI is InChI=1S/C9H8.CH3.2O.Re/c1-2-6-9-7-4-3-5-8-9;;;;/h3-5,7-8H,1H3;1H3;;;/q;-1;;;. The van der Waals surface area contributed by atoms with Crippen LogP contribution in [0.4, 0.5) is 0 Å². The van der Waals surface area contributed by atoms with Gasteiger partial charge in [0, 0.05) is 5.56 Å². The van der Waals surface area contributed by atoms with Gasteiger partial charge in [-0.1, -0.05) is 24.1 Å². The molecule has 0 fully saturated rings. The molecule has 0 spiro atoms. The van der Waals surface area contributed by atoms with Gasteiger partial charge in [-0.25, -0.2) is 0 Å². The van der Waals surface area contributed by atoms with Gasteiger partial charge in [-0.05, 0) is 19.1 Å². The SMILES string of the molecule is CC#Cc1ccccc1.[CH3-].[O]=[Re]=[O]. The van der Waals surface area contributed by atoms with E-state index in [1.54, 1.807) is 0 Å². The molecular weight excluding hydrogens is 338 g/mol. The van der Waals surface area contributed by atoms with E-state index in [2.05, 4.69) is 11.8 Å². The monoisotopic (exact) mass is 350 g/mol. The van der Waals surface area contributed by atoms with Crippen molar-refractivity contribution in [1.29, 1.82) is 0 Å². The Labute approximate surface area is 87.1 Å². The van der Waals surface area contributed by atoms with Gasteiger partial charge in [0.15, 0.2) is 0 Å². The maximum absolute atomic E-state index is 8.53. The second-order valence-electron chi connectivity index (χ2n) is 1.80. The van der Waals surface area contributed by atoms with Gasteiger partial charge in [-0.3, -0.25) is 0 Å². The van der Waals surface area contributed by atoms with Crippen molar-refractivity contribution < 1.29 is 24.8 Å². The molecule has 13 heavy (non-hydrogen) atoms. The Morgan fingerprint density at radius 3 is 2.00 bits per heavy atom. The first-order valence-electron chi connectivity index (χ1n) is 3.22. The zero-order valence-corrected chi connectivity index (χ0v) is 10.3. The predicted molar refractivity (Wildman–Crippen MR) is 46.8 cm³/mol. The first-order chi connectivity index (χ1) is 5.85. The fraction of sp³-hybridized carbons (Fsp3) is 0.100. The van der Waals surface area contributed by atoms with Crippen LogP contribution < -0.4 is 0 Å². The van der Waals surface area contributed by atoms with Crippen LogP contribution in [-0.4, -0.2) is 0 Å². The minimum absolute atomic E-state index is 0. The van der Waals surface area contributed by atoms with Gasteiger partial charge in [0.1, 0.15) is 0 Å². The van der Waals surface area contributed by atoms with Gasteiger partial charge in [0.05, 0.1) is 0 Å². The summed E-state index contributed by atoms with van der Waals surface area (Å²) in [5.74, 6) is 5.79. The number of hydrogen-bond acceptors (Lipinski definition) is 2. The fourth-order valence-corrected chi connectivity index (χ4v) is 0.666. The molecule has 1 aromatic rings. The molecule has 0 bridgehead atoms. The van der Waals surface area contributed by atoms with E-state index < -0.39 is 17.9 Å². The molecule has 0 aliphatic heterocycles. The van der Waals surface area contributed by atoms with E-state index in [0.717, 1.165) is 5.56 Å². The van der Waals surface area contributed by atoms with E-state index in [0.29, 0.717) is 0 Å². The molecule has 0 atom stereocenters. The first-order valence-corrected chi connectivity index (χ1v) is 5.44. The fourth-order valence-electron chi connectivity index (χ4n) is 0.666. The van der Waals surface area contributed by atoms with Crippen LogP contribution >= 0.6 is 0 Å². The molecule has 0 radical (unpaired) electrons. The first kappa shape index (κ1) is 14.6. The zero-order valence-electron chi connectivity index (χ0n) is 7.58. The van der Waals surface area contributed by atoms with Crippen LogP contribution in [0.2, 0.25) is 0 Å². The predicted octanol–water partition coefficient (Wildman–Crippen LogP) is 2.27. The molecule has 0 saturated carbocycles. The Morgan fingerprint density at radius 2 is 1.62 bits per heavy atom. The van der Waals surface area contributed by atoms with E-state index in [1.807, 2.05) is 37.3 Å². The Morgan fingerprint density at radius 1 is 1.15 bits per heavy atom. The van der Waals surface area contributed by atoms with E-state index in [9.17, 15) is 0 Å². The van der Waals surface area contributed by atoms with Gasteiger partial charge < -0.3 is 7.43 Å². The van der Waals surface area contributed by atoms with E-state index >= 15 is 0 Å². The quantitative estimate of drug-likeness (QED) is 0.532. The van der Waals surface area contributed by atoms with Crippen LogP contribution in [0.15, 0.2) is 30.3 Å². The second-order valence-corrected chi connectivity index (χ2v) is 2.26. The van der Waals surface area contributed by atoms with Crippen molar-refractivity contribution in [2.45, 2.75) is 6.92 Å². The van der Waals surface area contributed by atoms with Crippen LogP contribution in [-0.2, 0) is 24.8 Å². The summed E-state index contributed by atoms with van der Waals surface area (Å²) in [6, 6.07) is 9.95. The summed E-state index contributed by atoms with van der Waals surface area (Å²) in [5.41, 5.74) is 1.08. The van der Waals surface area contributed by atoms with Gasteiger partial charge in [0.2, 0.25) is 0 Å². The number of hydrogen-bond donors (Lipinski definition) is 0. The average molecular weight is 349 g/mol. The molecule has 71 valence electrons. The second kappa shape index (κ2) is 11.0. The Hall–Kier alpha value is -0.958. The van der Waals surface area contributed by atoms with Gasteiger partial charge >= 0.3 is 24.8 Å². The third-order valence-corrected chi connectivity index (χ3v) is 1.04. The van der Waals surface area contributed by atoms with Crippen LogP contribution in [0.3, 0.4) is 0 Å². The average Bonchev–Trinajstić information content (AvgIpc) is 2.08. The van der Waals surface area contributed by atoms with Gasteiger partial charge in [-0.2, -0.15) is 0 Å². The summed E-state index contributed by atoms with van der Waals surface area (Å²) in [7, 11) is 0. The molecule has 0 aliphatic carbocycles. The molecule has 0 amide bonds. The van der Waals surface area contributed by atoms with Crippen molar-refractivity contribution >= 4 is 0 Å².